The molecule has 466 valence electrons. The minimum atomic E-state index is -5.81. The molecule has 0 aliphatic rings. The maximum Gasteiger partial charge on any atom is 0.358 e. The number of hydrogen-bond acceptors (Lipinski definition) is 30. The van der Waals surface area contributed by atoms with E-state index in [4.69, 9.17) is 5.73 Å². The van der Waals surface area contributed by atoms with Crippen molar-refractivity contribution in [2.24, 2.45) is 40.9 Å². The van der Waals surface area contributed by atoms with E-state index in [2.05, 4.69) is 46.0 Å². The lowest BCUT2D eigenvalue weighted by Gasteiger charge is -2.15. The van der Waals surface area contributed by atoms with Gasteiger partial charge in [0, 0.05) is 28.3 Å². The summed E-state index contributed by atoms with van der Waals surface area (Å²) in [6, 6.07) is 9.15. The normalized spacial score (nSPS) is 13.2. The van der Waals surface area contributed by atoms with E-state index >= 15 is 0 Å². The summed E-state index contributed by atoms with van der Waals surface area (Å²) in [5.74, 6) is -5.98. The van der Waals surface area contributed by atoms with Crippen molar-refractivity contribution in [1.29, 1.82) is 0 Å². The van der Waals surface area contributed by atoms with Crippen LogP contribution in [0.4, 0.5) is 56.9 Å². The lowest BCUT2D eigenvalue weighted by atomic mass is 10.0. The van der Waals surface area contributed by atoms with Crippen LogP contribution in [0, 0.1) is 10.1 Å². The Bertz CT molecular complexity index is 5450. The molecule has 0 unspecified atom stereocenters. The lowest BCUT2D eigenvalue weighted by molar-refractivity contribution is -0.385. The second-order valence-corrected chi connectivity index (χ2v) is 27.0. The molecule has 0 bridgehead atoms. The fraction of sp³-hybridized carbons (Fsp3) is 0. The predicted molar refractivity (Wildman–Crippen MR) is 293 cm³/mol. The van der Waals surface area contributed by atoms with Crippen molar-refractivity contribution in [3.8, 4) is 23.1 Å². The van der Waals surface area contributed by atoms with Crippen LogP contribution in [0.15, 0.2) is 166 Å². The molecule has 0 radical (unpaired) electrons. The molecule has 1 aromatic heterocycles. The van der Waals surface area contributed by atoms with Gasteiger partial charge in [-0.15, -0.1) is 35.8 Å². The molecule has 13 N–H and O–H groups in total. The van der Waals surface area contributed by atoms with E-state index in [9.17, 15) is 126 Å². The van der Waals surface area contributed by atoms with E-state index < -0.39 is 217 Å². The molecule has 0 atom stereocenters. The highest BCUT2D eigenvalue weighted by molar-refractivity contribution is 7.87. The summed E-state index contributed by atoms with van der Waals surface area (Å²) in [4.78, 5) is 13.3. The number of aromatic hydroxyl groups is 3. The Morgan fingerprint density at radius 3 is 1.52 bits per heavy atom. The number of nitrogen functional groups attached to an aromatic ring is 1. The average Bonchev–Trinajstić information content (AvgIpc) is 1.34. The summed E-state index contributed by atoms with van der Waals surface area (Å²) in [6.07, 6.45) is 0. The topological polar surface area (TPSA) is 664 Å². The van der Waals surface area contributed by atoms with Crippen molar-refractivity contribution in [2.75, 3.05) is 5.73 Å². The monoisotopic (exact) mass is 1370 g/mol. The van der Waals surface area contributed by atoms with Crippen LogP contribution in [-0.4, -0.2) is 132 Å². The first kappa shape index (κ1) is 65.1. The Labute approximate surface area is 494 Å². The van der Waals surface area contributed by atoms with Gasteiger partial charge in [0.2, 0.25) is 11.6 Å². The van der Waals surface area contributed by atoms with Gasteiger partial charge in [-0.25, -0.2) is 4.79 Å². The van der Waals surface area contributed by atoms with Crippen molar-refractivity contribution in [2.45, 2.75) is 34.3 Å². The fourth-order valence-corrected chi connectivity index (χ4v) is 12.4. The number of hydrogen-bond donors (Lipinski definition) is 12. The summed E-state index contributed by atoms with van der Waals surface area (Å²) in [5.41, 5.74) is -5.38. The van der Waals surface area contributed by atoms with Crippen LogP contribution in [0.25, 0.3) is 27.2 Å². The zero-order valence-electron chi connectivity index (χ0n) is 42.4. The first-order valence-corrected chi connectivity index (χ1v) is 32.5. The van der Waals surface area contributed by atoms with Gasteiger partial charge >= 0.3 is 5.97 Å². The van der Waals surface area contributed by atoms with Crippen molar-refractivity contribution >= 4 is 155 Å². The molecular weight excluding hydrogens is 1340 g/mol. The van der Waals surface area contributed by atoms with E-state index in [1.165, 1.54) is 0 Å². The number of carboxylic acids is 1. The van der Waals surface area contributed by atoms with Gasteiger partial charge in [0.05, 0.1) is 32.3 Å². The Morgan fingerprint density at radius 2 is 0.978 bits per heavy atom. The number of nitrogens with zero attached hydrogens (tertiary/aromatic N) is 11. The highest BCUT2D eigenvalue weighted by atomic mass is 32.2. The van der Waals surface area contributed by atoms with E-state index in [1.54, 1.807) is 0 Å². The number of non-ortho nitro benzene ring substituents is 1. The predicted octanol–water partition coefficient (Wildman–Crippen LogP) is 6.87. The zero-order valence-corrected chi connectivity index (χ0v) is 48.1. The highest BCUT2D eigenvalue weighted by Crippen LogP contribution is 2.50. The Balaban J connectivity index is 1.25. The number of nitro groups is 1. The molecule has 0 aliphatic heterocycles. The number of anilines is 1. The molecule has 1 heterocycles. The number of phenols is 2. The Morgan fingerprint density at radius 1 is 0.472 bits per heavy atom. The van der Waals surface area contributed by atoms with Crippen LogP contribution < -0.4 is 5.73 Å². The molecule has 0 saturated carbocycles. The number of fused-ring (bicyclic) bond motifs is 2. The van der Waals surface area contributed by atoms with Gasteiger partial charge in [-0.05, 0) is 78.9 Å². The van der Waals surface area contributed by atoms with Gasteiger partial charge in [0.15, 0.2) is 17.2 Å². The average molecular weight is 1370 g/mol. The van der Waals surface area contributed by atoms with Crippen LogP contribution in [-0.2, 0) is 70.8 Å². The number of carbonyl (C=O) groups is 1. The molecule has 0 fully saturated rings. The number of benzene rings is 7. The summed E-state index contributed by atoms with van der Waals surface area (Å²) in [7, 11) is -38.4. The smallest absolute Gasteiger partial charge is 0.358 e. The molecule has 8 aromatic rings. The molecular formula is C42H28N12O28S7. The third-order valence-electron chi connectivity index (χ3n) is 11.7. The van der Waals surface area contributed by atoms with Crippen molar-refractivity contribution < 1.29 is 121 Å². The number of azo groups is 4. The second kappa shape index (κ2) is 22.7. The Hall–Kier alpha value is -9.89. The minimum Gasteiger partial charge on any atom is -0.505 e. The number of rotatable bonds is 18. The third kappa shape index (κ3) is 13.2. The molecule has 40 nitrogen and oxygen atoms in total. The molecule has 0 saturated heterocycles. The molecule has 0 spiro atoms. The fourth-order valence-electron chi connectivity index (χ4n) is 7.89. The van der Waals surface area contributed by atoms with Gasteiger partial charge in [-0.1, -0.05) is 0 Å². The Kier molecular flexibility index (Phi) is 16.6. The summed E-state index contributed by atoms with van der Waals surface area (Å²) in [6.45, 7) is 0. The number of nitrogens with two attached hydrogens (primary N) is 1. The number of phenolic OH excluding ortho intramolecular Hbond substituents is 2. The second-order valence-electron chi connectivity index (χ2n) is 17.3. The molecule has 0 amide bonds. The van der Waals surface area contributed by atoms with E-state index in [0.717, 1.165) is 36.4 Å². The van der Waals surface area contributed by atoms with Crippen LogP contribution in [0.1, 0.15) is 10.5 Å². The number of aromatic carboxylic acids is 1. The maximum absolute atomic E-state index is 13.1. The zero-order chi connectivity index (χ0) is 66.2. The van der Waals surface area contributed by atoms with Crippen molar-refractivity contribution in [1.82, 2.24) is 9.78 Å². The maximum atomic E-state index is 13.1. The largest absolute Gasteiger partial charge is 0.505 e. The molecule has 89 heavy (non-hydrogen) atoms. The molecule has 47 heteroatoms. The number of aromatic nitrogens is 2. The summed E-state index contributed by atoms with van der Waals surface area (Å²) in [5, 5.41) is 83.0. The lowest BCUT2D eigenvalue weighted by Crippen LogP contribution is -2.04. The number of carboxylic acid groups (broad SMARTS) is 1. The number of nitro benzene ring substituents is 1. The van der Waals surface area contributed by atoms with Gasteiger partial charge in [-0.3, -0.25) is 42.0 Å². The molecule has 0 aliphatic carbocycles. The molecule has 8 rings (SSSR count). The SMILES string of the molecule is Nc1c(N=Nc2ccc3c(O)c(N=Nc4ccc(S(=O)(=O)O)c(/N=N/c5c(C(=O)O)nn(-c6ccc(S(=O)(=O)O)cc6)c5O)c4)c(S(=O)(=O)O)cc3c2S(=O)(=O)O)cc(S(=O)(=O)O)c2cc(S(=O)(=O)O)c(N=Nc3ccc([N+](=O)[O-])cc3S(=O)(=O)O)c(O)c12. The van der Waals surface area contributed by atoms with E-state index in [0.29, 0.717) is 41.1 Å². The first-order chi connectivity index (χ1) is 40.9. The minimum absolute atomic E-state index is 0.228. The summed E-state index contributed by atoms with van der Waals surface area (Å²) >= 11 is 0. The van der Waals surface area contributed by atoms with Crippen LogP contribution in [0.5, 0.6) is 17.4 Å². The van der Waals surface area contributed by atoms with Gasteiger partial charge in [0.25, 0.3) is 76.5 Å². The van der Waals surface area contributed by atoms with Crippen LogP contribution >= 0.6 is 0 Å². The highest BCUT2D eigenvalue weighted by Gasteiger charge is 2.32. The van der Waals surface area contributed by atoms with Crippen LogP contribution in [0.2, 0.25) is 0 Å². The van der Waals surface area contributed by atoms with Crippen molar-refractivity contribution in [3.63, 3.8) is 0 Å². The quantitative estimate of drug-likeness (QED) is 0.0137. The standard InChI is InChI=1S/C42H28N12O28S7/c43-33-26(15-28(85(68,69)70)22-14-31(88(77,78)79)35(39(56)32(22)33)50-45-23-8-4-18(54(60)61)12-29(23)86(71,72)73)48-46-24-9-7-20-21(40(24)89(80,81)82)13-30(87(74,75)76)34(38(20)55)49-44-16-1-10-27(84(65,66)67)25(11-16)47-51-36-37(42(58)59)52-53(41(36)57)17-2-5-19(6-3-17)83(62,63)64/h1-15,55-57H,43H2,(H,58,59)(H,62,63,64)(H,65,66,67)(H,68,69,70)(H,71,72,73)(H,74,75,76)(H,77,78,79)(H,80,81,82)/b48-46?,49-44?,50-45?,51-47+. The molecule has 7 aromatic carbocycles. The third-order valence-corrected chi connectivity index (χ3v) is 17.9. The van der Waals surface area contributed by atoms with E-state index in [1.807, 2.05) is 0 Å². The summed E-state index contributed by atoms with van der Waals surface area (Å²) < 4.78 is 246. The van der Waals surface area contributed by atoms with Crippen LogP contribution in [0.3, 0.4) is 0 Å². The van der Waals surface area contributed by atoms with Gasteiger partial charge < -0.3 is 26.2 Å². The van der Waals surface area contributed by atoms with Crippen molar-refractivity contribution in [3.05, 3.63) is 107 Å². The first-order valence-electron chi connectivity index (χ1n) is 22.4. The van der Waals surface area contributed by atoms with E-state index in [-0.39, 0.29) is 23.9 Å². The van der Waals surface area contributed by atoms with Gasteiger partial charge in [-0.2, -0.15) is 73.8 Å². The van der Waals surface area contributed by atoms with Gasteiger partial charge in [0.1, 0.15) is 63.5 Å².